The highest BCUT2D eigenvalue weighted by atomic mass is 32.3. The first-order valence-corrected chi connectivity index (χ1v) is 4.46. The molecule has 0 N–H and O–H groups in total. The molecule has 0 amide bonds. The van der Waals surface area contributed by atoms with Crippen molar-refractivity contribution >= 4 is 20.3 Å². The minimum atomic E-state index is -5.42. The van der Waals surface area contributed by atoms with Gasteiger partial charge in [0.15, 0.2) is 0 Å². The summed E-state index contributed by atoms with van der Waals surface area (Å²) in [5, 5.41) is 0. The molecule has 0 atom stereocenters. The SMILES string of the molecule is O=S(=O)(F)O[SiH2]C(F)(F)F. The summed E-state index contributed by atoms with van der Waals surface area (Å²) in [7, 11) is -8.73. The molecule has 0 aromatic rings. The van der Waals surface area contributed by atoms with Crippen LogP contribution >= 0.6 is 0 Å². The first-order chi connectivity index (χ1) is 4.21. The maximum absolute atomic E-state index is 11.2. The van der Waals surface area contributed by atoms with E-state index in [-0.39, 0.29) is 0 Å². The molecule has 0 aromatic heterocycles. The summed E-state index contributed by atoms with van der Waals surface area (Å²) in [5.41, 5.74) is 0. The third-order valence-corrected chi connectivity index (χ3v) is 2.29. The monoisotopic (exact) mass is 198 g/mol. The molecule has 0 aliphatic rings. The largest absolute Gasteiger partial charge is 0.427 e. The number of halogens is 4. The average Bonchev–Trinajstić information content (AvgIpc) is 1.57. The molecule has 0 aliphatic heterocycles. The second kappa shape index (κ2) is 2.84. The molecule has 0 spiro atoms. The highest BCUT2D eigenvalue weighted by Gasteiger charge is 2.31. The second-order valence-electron chi connectivity index (χ2n) is 1.27. The van der Waals surface area contributed by atoms with E-state index in [1.54, 1.807) is 0 Å². The van der Waals surface area contributed by atoms with Gasteiger partial charge in [-0.3, -0.25) is 3.87 Å². The Labute approximate surface area is 56.3 Å². The van der Waals surface area contributed by atoms with E-state index in [0.717, 1.165) is 0 Å². The standard InChI is InChI=1S/CH2F4O3SSi/c2-1(3,4)10-8-9(5,6)7/h10H2. The lowest BCUT2D eigenvalue weighted by Crippen LogP contribution is -2.22. The molecule has 0 fully saturated rings. The van der Waals surface area contributed by atoms with Gasteiger partial charge in [0.1, 0.15) is 0 Å². The van der Waals surface area contributed by atoms with Crippen molar-refractivity contribution in [3.05, 3.63) is 0 Å². The van der Waals surface area contributed by atoms with Crippen LogP contribution in [0.5, 0.6) is 0 Å². The molecular formula is CH2F4O3SSi. The van der Waals surface area contributed by atoms with Gasteiger partial charge < -0.3 is 0 Å². The van der Waals surface area contributed by atoms with E-state index in [1.807, 2.05) is 0 Å². The minimum Gasteiger partial charge on any atom is -0.287 e. The summed E-state index contributed by atoms with van der Waals surface area (Å²) in [5.74, 6) is -4.70. The molecule has 9 heteroatoms. The van der Waals surface area contributed by atoms with Crippen molar-refractivity contribution in [3.63, 3.8) is 0 Å². The van der Waals surface area contributed by atoms with E-state index in [1.165, 1.54) is 0 Å². The molecule has 0 aromatic carbocycles. The van der Waals surface area contributed by atoms with Crippen LogP contribution in [0.2, 0.25) is 0 Å². The zero-order valence-electron chi connectivity index (χ0n) is 4.35. The molecule has 0 rings (SSSR count). The third-order valence-electron chi connectivity index (χ3n) is 0.363. The van der Waals surface area contributed by atoms with Crippen molar-refractivity contribution in [1.29, 1.82) is 0 Å². The van der Waals surface area contributed by atoms with Gasteiger partial charge in [-0.05, 0) is 0 Å². The summed E-state index contributed by atoms with van der Waals surface area (Å²) in [6.07, 6.45) is 0. The van der Waals surface area contributed by atoms with Gasteiger partial charge in [0.05, 0.1) is 0 Å². The van der Waals surface area contributed by atoms with Crippen LogP contribution in [0.25, 0.3) is 0 Å². The Morgan fingerprint density at radius 1 is 1.30 bits per heavy atom. The fourth-order valence-corrected chi connectivity index (χ4v) is 1.23. The maximum Gasteiger partial charge on any atom is 0.427 e. The topological polar surface area (TPSA) is 43.4 Å². The van der Waals surface area contributed by atoms with Crippen molar-refractivity contribution in [2.75, 3.05) is 0 Å². The van der Waals surface area contributed by atoms with Crippen LogP contribution in [0, 0.1) is 0 Å². The van der Waals surface area contributed by atoms with Crippen LogP contribution in [-0.2, 0) is 14.4 Å². The lowest BCUT2D eigenvalue weighted by Gasteiger charge is -2.01. The molecule has 62 valence electrons. The van der Waals surface area contributed by atoms with E-state index in [4.69, 9.17) is 0 Å². The van der Waals surface area contributed by atoms with Crippen LogP contribution in [0.4, 0.5) is 17.1 Å². The lowest BCUT2D eigenvalue weighted by molar-refractivity contribution is -0.0547. The van der Waals surface area contributed by atoms with Gasteiger partial charge in [-0.1, -0.05) is 3.89 Å². The smallest absolute Gasteiger partial charge is 0.287 e. The molecular weight excluding hydrogens is 196 g/mol. The van der Waals surface area contributed by atoms with E-state index < -0.39 is 26.1 Å². The van der Waals surface area contributed by atoms with E-state index >= 15 is 0 Å². The predicted octanol–water partition coefficient (Wildman–Crippen LogP) is -0.179. The average molecular weight is 198 g/mol. The number of rotatable bonds is 2. The lowest BCUT2D eigenvalue weighted by atomic mass is 11.5. The molecule has 10 heavy (non-hydrogen) atoms. The van der Waals surface area contributed by atoms with E-state index in [9.17, 15) is 25.5 Å². The minimum absolute atomic E-state index is 2.91. The number of alkyl halides is 3. The van der Waals surface area contributed by atoms with Crippen LogP contribution < -0.4 is 0 Å². The maximum atomic E-state index is 11.2. The van der Waals surface area contributed by atoms with Crippen molar-refractivity contribution in [1.82, 2.24) is 0 Å². The molecule has 0 saturated heterocycles. The van der Waals surface area contributed by atoms with Gasteiger partial charge in [0, 0.05) is 0 Å². The van der Waals surface area contributed by atoms with Crippen LogP contribution in [-0.4, -0.2) is 24.0 Å². The van der Waals surface area contributed by atoms with Crippen LogP contribution in [0.3, 0.4) is 0 Å². The highest BCUT2D eigenvalue weighted by Crippen LogP contribution is 2.13. The summed E-state index contributed by atoms with van der Waals surface area (Å²) in [4.78, 5) is 0. The molecule has 0 unspecified atom stereocenters. The Balaban J connectivity index is 3.79. The summed E-state index contributed by atoms with van der Waals surface area (Å²) in [6, 6.07) is 0. The van der Waals surface area contributed by atoms with Gasteiger partial charge in [-0.15, -0.1) is 0 Å². The van der Waals surface area contributed by atoms with Crippen molar-refractivity contribution in [3.8, 4) is 0 Å². The first-order valence-electron chi connectivity index (χ1n) is 1.86. The Morgan fingerprint density at radius 3 is 1.80 bits per heavy atom. The first kappa shape index (κ1) is 9.85. The third kappa shape index (κ3) is 7.85. The quantitative estimate of drug-likeness (QED) is 0.351. The van der Waals surface area contributed by atoms with Gasteiger partial charge in [-0.25, -0.2) is 0 Å². The van der Waals surface area contributed by atoms with Crippen molar-refractivity contribution in [2.24, 2.45) is 0 Å². The highest BCUT2D eigenvalue weighted by molar-refractivity contribution is 7.82. The summed E-state index contributed by atoms with van der Waals surface area (Å²) in [6.45, 7) is 0. The van der Waals surface area contributed by atoms with Crippen LogP contribution in [0.15, 0.2) is 0 Å². The zero-order chi connectivity index (χ0) is 8.41. The Morgan fingerprint density at radius 2 is 1.70 bits per heavy atom. The molecule has 0 aliphatic carbocycles. The van der Waals surface area contributed by atoms with Gasteiger partial charge in [0.25, 0.3) is 0 Å². The Kier molecular flexibility index (Phi) is 2.80. The fraction of sp³-hybridized carbons (Fsp3) is 1.00. The summed E-state index contributed by atoms with van der Waals surface area (Å²) >= 11 is 0. The van der Waals surface area contributed by atoms with E-state index in [2.05, 4.69) is 3.87 Å². The van der Waals surface area contributed by atoms with E-state index in [0.29, 0.717) is 0 Å². The predicted molar refractivity (Wildman–Crippen MR) is 25.7 cm³/mol. The molecule has 0 radical (unpaired) electrons. The Bertz CT molecular complexity index is 193. The normalized spacial score (nSPS) is 14.8. The Hall–Kier alpha value is -0.153. The second-order valence-corrected chi connectivity index (χ2v) is 4.09. The molecule has 0 saturated carbocycles. The molecule has 3 nitrogen and oxygen atoms in total. The molecule has 0 bridgehead atoms. The van der Waals surface area contributed by atoms with Gasteiger partial charge in [-0.2, -0.15) is 21.6 Å². The molecule has 0 heterocycles. The number of hydrogen-bond acceptors (Lipinski definition) is 3. The van der Waals surface area contributed by atoms with Crippen LogP contribution in [0.1, 0.15) is 0 Å². The zero-order valence-corrected chi connectivity index (χ0v) is 6.58. The van der Waals surface area contributed by atoms with Gasteiger partial charge >= 0.3 is 26.1 Å². The number of hydrogen-bond donors (Lipinski definition) is 0. The summed E-state index contributed by atoms with van der Waals surface area (Å²) < 4.78 is 66.0. The van der Waals surface area contributed by atoms with Crippen molar-refractivity contribution in [2.45, 2.75) is 5.80 Å². The fourth-order valence-electron chi connectivity index (χ4n) is 0.137. The van der Waals surface area contributed by atoms with Crippen molar-refractivity contribution < 1.29 is 29.3 Å². The van der Waals surface area contributed by atoms with Gasteiger partial charge in [0.2, 0.25) is 0 Å².